The maximum Gasteiger partial charge on any atom is 0.258 e. The highest BCUT2D eigenvalue weighted by Gasteiger charge is 2.16. The van der Waals surface area contributed by atoms with E-state index < -0.39 is 0 Å². The van der Waals surface area contributed by atoms with Crippen LogP contribution in [0.2, 0.25) is 5.02 Å². The number of rotatable bonds is 4. The minimum atomic E-state index is 0.496. The van der Waals surface area contributed by atoms with Crippen molar-refractivity contribution in [3.63, 3.8) is 0 Å². The van der Waals surface area contributed by atoms with E-state index in [1.165, 1.54) is 32.1 Å². The second kappa shape index (κ2) is 6.71. The van der Waals surface area contributed by atoms with Crippen LogP contribution in [0.15, 0.2) is 22.7 Å². The summed E-state index contributed by atoms with van der Waals surface area (Å²) in [5, 5.41) is 5.29. The van der Waals surface area contributed by atoms with Crippen molar-refractivity contribution in [1.82, 2.24) is 10.1 Å². The molecule has 1 aliphatic carbocycles. The molecule has 2 N–H and O–H groups in total. The summed E-state index contributed by atoms with van der Waals surface area (Å²) in [6.07, 6.45) is 6.69. The first-order valence-electron chi connectivity index (χ1n) is 7.22. The van der Waals surface area contributed by atoms with E-state index in [9.17, 15) is 0 Å². The van der Waals surface area contributed by atoms with Gasteiger partial charge >= 0.3 is 0 Å². The van der Waals surface area contributed by atoms with E-state index in [4.69, 9.17) is 21.9 Å². The molecule has 3 rings (SSSR count). The summed E-state index contributed by atoms with van der Waals surface area (Å²) in [7, 11) is 0. The fourth-order valence-corrected chi connectivity index (χ4v) is 3.86. The number of nitrogens with two attached hydrogens (primary N) is 1. The van der Waals surface area contributed by atoms with Crippen LogP contribution in [0.25, 0.3) is 11.5 Å². The fourth-order valence-electron chi connectivity index (χ4n) is 2.51. The van der Waals surface area contributed by atoms with Crippen LogP contribution < -0.4 is 5.73 Å². The number of nitrogens with zero attached hydrogens (tertiary/aromatic N) is 2. The van der Waals surface area contributed by atoms with E-state index >= 15 is 0 Å². The van der Waals surface area contributed by atoms with E-state index in [0.717, 1.165) is 22.4 Å². The molecule has 1 aromatic carbocycles. The van der Waals surface area contributed by atoms with Crippen molar-refractivity contribution in [1.29, 1.82) is 0 Å². The van der Waals surface area contributed by atoms with Gasteiger partial charge in [0.1, 0.15) is 0 Å². The average Bonchev–Trinajstić information content (AvgIpc) is 2.98. The Morgan fingerprint density at radius 2 is 2.10 bits per heavy atom. The zero-order valence-electron chi connectivity index (χ0n) is 11.7. The summed E-state index contributed by atoms with van der Waals surface area (Å²) < 4.78 is 5.31. The molecule has 0 bridgehead atoms. The minimum Gasteiger partial charge on any atom is -0.398 e. The van der Waals surface area contributed by atoms with E-state index in [2.05, 4.69) is 10.1 Å². The Balaban J connectivity index is 1.63. The average molecular weight is 324 g/mol. The third-order valence-corrected chi connectivity index (χ3v) is 5.41. The van der Waals surface area contributed by atoms with Gasteiger partial charge in [0.25, 0.3) is 5.89 Å². The lowest BCUT2D eigenvalue weighted by molar-refractivity contribution is 0.425. The lowest BCUT2D eigenvalue weighted by Gasteiger charge is -2.19. The van der Waals surface area contributed by atoms with Gasteiger partial charge < -0.3 is 10.3 Å². The van der Waals surface area contributed by atoms with Crippen LogP contribution >= 0.6 is 23.4 Å². The summed E-state index contributed by atoms with van der Waals surface area (Å²) in [5.74, 6) is 2.04. The van der Waals surface area contributed by atoms with E-state index in [-0.39, 0.29) is 0 Å². The number of thioether (sulfide) groups is 1. The van der Waals surface area contributed by atoms with Crippen LogP contribution in [0.5, 0.6) is 0 Å². The summed E-state index contributed by atoms with van der Waals surface area (Å²) in [5.41, 5.74) is 7.05. The quantitative estimate of drug-likeness (QED) is 0.837. The number of hydrogen-bond donors (Lipinski definition) is 1. The van der Waals surface area contributed by atoms with E-state index in [1.54, 1.807) is 12.1 Å². The number of aromatic nitrogens is 2. The molecule has 1 aromatic heterocycles. The maximum absolute atomic E-state index is 6.01. The van der Waals surface area contributed by atoms with Crippen molar-refractivity contribution in [2.24, 2.45) is 0 Å². The van der Waals surface area contributed by atoms with Crippen LogP contribution in [0.3, 0.4) is 0 Å². The molecule has 6 heteroatoms. The van der Waals surface area contributed by atoms with Gasteiger partial charge in [0, 0.05) is 10.8 Å². The second-order valence-corrected chi connectivity index (χ2v) is 7.02. The first kappa shape index (κ1) is 14.7. The first-order valence-corrected chi connectivity index (χ1v) is 8.64. The monoisotopic (exact) mass is 323 g/mol. The predicted molar refractivity (Wildman–Crippen MR) is 87.3 cm³/mol. The van der Waals surface area contributed by atoms with Crippen LogP contribution in [0, 0.1) is 0 Å². The van der Waals surface area contributed by atoms with Crippen molar-refractivity contribution in [3.8, 4) is 11.5 Å². The Morgan fingerprint density at radius 3 is 2.86 bits per heavy atom. The summed E-state index contributed by atoms with van der Waals surface area (Å²) >= 11 is 7.95. The molecule has 1 heterocycles. The first-order chi connectivity index (χ1) is 10.2. The van der Waals surface area contributed by atoms with Crippen LogP contribution in [-0.2, 0) is 5.75 Å². The van der Waals surface area contributed by atoms with Gasteiger partial charge in [-0.3, -0.25) is 0 Å². The smallest absolute Gasteiger partial charge is 0.258 e. The lowest BCUT2D eigenvalue weighted by atomic mass is 10.0. The van der Waals surface area contributed by atoms with Crippen molar-refractivity contribution < 1.29 is 4.52 Å². The van der Waals surface area contributed by atoms with Gasteiger partial charge in [-0.1, -0.05) is 36.0 Å². The molecular formula is C15H18ClN3OS. The molecular weight excluding hydrogens is 306 g/mol. The Morgan fingerprint density at radius 1 is 1.29 bits per heavy atom. The molecule has 0 radical (unpaired) electrons. The van der Waals surface area contributed by atoms with Crippen LogP contribution in [0.4, 0.5) is 5.69 Å². The SMILES string of the molecule is Nc1ccc(-c2nc(CSC3CCCCC3)no2)cc1Cl. The van der Waals surface area contributed by atoms with Crippen LogP contribution in [-0.4, -0.2) is 15.4 Å². The Kier molecular flexibility index (Phi) is 4.70. The number of halogens is 1. The van der Waals surface area contributed by atoms with Crippen LogP contribution in [0.1, 0.15) is 37.9 Å². The van der Waals surface area contributed by atoms with E-state index in [1.807, 2.05) is 17.8 Å². The highest BCUT2D eigenvalue weighted by atomic mass is 35.5. The highest BCUT2D eigenvalue weighted by molar-refractivity contribution is 7.99. The Hall–Kier alpha value is -1.20. The lowest BCUT2D eigenvalue weighted by Crippen LogP contribution is -2.08. The molecule has 0 spiro atoms. The molecule has 4 nitrogen and oxygen atoms in total. The summed E-state index contributed by atoms with van der Waals surface area (Å²) in [6, 6.07) is 5.34. The molecule has 0 aliphatic heterocycles. The number of benzene rings is 1. The standard InChI is InChI=1S/C15H18ClN3OS/c16-12-8-10(6-7-13(12)17)15-18-14(19-20-15)9-21-11-4-2-1-3-5-11/h6-8,11H,1-5,9,17H2. The molecule has 1 fully saturated rings. The van der Waals surface area contributed by atoms with Crippen molar-refractivity contribution >= 4 is 29.1 Å². The van der Waals surface area contributed by atoms with Gasteiger partial charge in [0.15, 0.2) is 5.82 Å². The molecule has 0 unspecified atom stereocenters. The second-order valence-electron chi connectivity index (χ2n) is 5.32. The van der Waals surface area contributed by atoms with Gasteiger partial charge in [-0.05, 0) is 31.0 Å². The van der Waals surface area contributed by atoms with Gasteiger partial charge in [-0.25, -0.2) is 0 Å². The summed E-state index contributed by atoms with van der Waals surface area (Å²) in [4.78, 5) is 4.44. The molecule has 0 amide bonds. The van der Waals surface area contributed by atoms with Crippen molar-refractivity contribution in [3.05, 3.63) is 29.0 Å². The molecule has 21 heavy (non-hydrogen) atoms. The normalized spacial score (nSPS) is 16.2. The molecule has 1 aliphatic rings. The molecule has 2 aromatic rings. The Bertz CT molecular complexity index is 611. The minimum absolute atomic E-state index is 0.496. The molecule has 0 saturated heterocycles. The zero-order chi connectivity index (χ0) is 14.7. The third-order valence-electron chi connectivity index (χ3n) is 3.72. The van der Waals surface area contributed by atoms with Gasteiger partial charge in [-0.2, -0.15) is 16.7 Å². The number of anilines is 1. The molecule has 1 saturated carbocycles. The largest absolute Gasteiger partial charge is 0.398 e. The van der Waals surface area contributed by atoms with E-state index in [0.29, 0.717) is 16.6 Å². The molecule has 112 valence electrons. The highest BCUT2D eigenvalue weighted by Crippen LogP contribution is 2.31. The topological polar surface area (TPSA) is 64.9 Å². The predicted octanol–water partition coefficient (Wildman–Crippen LogP) is 4.54. The zero-order valence-corrected chi connectivity index (χ0v) is 13.3. The van der Waals surface area contributed by atoms with Gasteiger partial charge in [0.05, 0.1) is 16.5 Å². The van der Waals surface area contributed by atoms with Gasteiger partial charge in [0.2, 0.25) is 0 Å². The fraction of sp³-hybridized carbons (Fsp3) is 0.467. The third kappa shape index (κ3) is 3.71. The van der Waals surface area contributed by atoms with Gasteiger partial charge in [-0.15, -0.1) is 0 Å². The number of nitrogen functional groups attached to an aromatic ring is 1. The van der Waals surface area contributed by atoms with Crippen molar-refractivity contribution in [2.45, 2.75) is 43.1 Å². The van der Waals surface area contributed by atoms with Crippen molar-refractivity contribution in [2.75, 3.05) is 5.73 Å². The maximum atomic E-state index is 6.01. The summed E-state index contributed by atoms with van der Waals surface area (Å²) in [6.45, 7) is 0. The number of hydrogen-bond acceptors (Lipinski definition) is 5. The molecule has 0 atom stereocenters. The Labute approximate surface area is 133 Å².